The van der Waals surface area contributed by atoms with E-state index in [1.165, 1.54) is 0 Å². The molecular formula is C8H9O2S. The van der Waals surface area contributed by atoms with Gasteiger partial charge >= 0.3 is 0 Å². The molecule has 0 saturated carbocycles. The minimum Gasteiger partial charge on any atom is -0.232 e. The Bertz CT molecular complexity index is 269. The molecule has 0 atom stereocenters. The molecule has 3 heteroatoms. The summed E-state index contributed by atoms with van der Waals surface area (Å²) in [5.41, 5.74) is 1.02. The zero-order valence-electron chi connectivity index (χ0n) is 5.99. The van der Waals surface area contributed by atoms with Crippen LogP contribution in [0.4, 0.5) is 0 Å². The summed E-state index contributed by atoms with van der Waals surface area (Å²) in [7, 11) is -2.24. The minimum absolute atomic E-state index is 0.229. The maximum Gasteiger partial charge on any atom is 0.140 e. The van der Waals surface area contributed by atoms with Gasteiger partial charge in [-0.1, -0.05) is 24.3 Å². The fourth-order valence-corrected chi connectivity index (χ4v) is 1.25. The summed E-state index contributed by atoms with van der Waals surface area (Å²) >= 11 is 0. The Kier molecular flexibility index (Phi) is 3.11. The van der Waals surface area contributed by atoms with Gasteiger partial charge in [-0.15, -0.1) is 0 Å². The third-order valence-corrected chi connectivity index (χ3v) is 1.94. The van der Waals surface area contributed by atoms with Gasteiger partial charge in [0.25, 0.3) is 0 Å². The molecule has 0 aliphatic heterocycles. The normalized spacial score (nSPS) is 10.3. The first kappa shape index (κ1) is 8.27. The summed E-state index contributed by atoms with van der Waals surface area (Å²) < 4.78 is 20.4. The fourth-order valence-electron chi connectivity index (χ4n) is 0.806. The van der Waals surface area contributed by atoms with E-state index in [1.54, 1.807) is 12.1 Å². The van der Waals surface area contributed by atoms with E-state index in [-0.39, 0.29) is 5.75 Å². The number of benzene rings is 1. The maximum absolute atomic E-state index is 10.2. The number of hydrogen-bond donors (Lipinski definition) is 1. The lowest BCUT2D eigenvalue weighted by molar-refractivity contribution is 0.614. The molecule has 1 rings (SSSR count). The molecule has 1 radical (unpaired) electrons. The van der Waals surface area contributed by atoms with Gasteiger partial charge in [-0.2, -0.15) is 0 Å². The summed E-state index contributed by atoms with van der Waals surface area (Å²) in [6, 6.07) is 10.2. The molecule has 11 heavy (non-hydrogen) atoms. The number of rotatable bonds is 3. The zero-order valence-corrected chi connectivity index (χ0v) is 6.88. The van der Waals surface area contributed by atoms with Crippen LogP contribution >= 0.6 is 0 Å². The lowest BCUT2D eigenvalue weighted by Gasteiger charge is -1.93. The summed E-state index contributed by atoms with van der Waals surface area (Å²) in [6.07, 6.45) is 0.593. The second kappa shape index (κ2) is 4.13. The molecule has 59 valence electrons. The van der Waals surface area contributed by atoms with Gasteiger partial charge in [0, 0.05) is 0 Å². The van der Waals surface area contributed by atoms with E-state index >= 15 is 0 Å². The standard InChI is InChI=1S/C8H9O2S/c9-11(10)7-6-8-4-2-1-3-5-8/h1-2,4-5,11H,6-7H2. The van der Waals surface area contributed by atoms with Crippen LogP contribution < -0.4 is 0 Å². The average Bonchev–Trinajstić information content (AvgIpc) is 2.03. The summed E-state index contributed by atoms with van der Waals surface area (Å²) in [4.78, 5) is 0. The van der Waals surface area contributed by atoms with Gasteiger partial charge < -0.3 is 0 Å². The number of hydrogen-bond acceptors (Lipinski definition) is 2. The van der Waals surface area contributed by atoms with Gasteiger partial charge in [0.2, 0.25) is 0 Å². The van der Waals surface area contributed by atoms with E-state index in [2.05, 4.69) is 6.07 Å². The summed E-state index contributed by atoms with van der Waals surface area (Å²) in [6.45, 7) is 0. The molecule has 0 amide bonds. The SMILES string of the molecule is O=[SH](=O)CCc1c[c]ccc1. The molecule has 0 N–H and O–H groups in total. The highest BCUT2D eigenvalue weighted by molar-refractivity contribution is 7.72. The maximum atomic E-state index is 10.2. The highest BCUT2D eigenvalue weighted by Gasteiger charge is 1.91. The zero-order chi connectivity index (χ0) is 8.10. The summed E-state index contributed by atoms with van der Waals surface area (Å²) in [5.74, 6) is 0.229. The van der Waals surface area contributed by atoms with Crippen LogP contribution in [0.1, 0.15) is 5.56 Å². The van der Waals surface area contributed by atoms with Crippen molar-refractivity contribution in [3.63, 3.8) is 0 Å². The third-order valence-electron chi connectivity index (χ3n) is 1.35. The smallest absolute Gasteiger partial charge is 0.140 e. The summed E-state index contributed by atoms with van der Waals surface area (Å²) in [5, 5.41) is 0. The predicted octanol–water partition coefficient (Wildman–Crippen LogP) is 0.641. The fraction of sp³-hybridized carbons (Fsp3) is 0.250. The van der Waals surface area contributed by atoms with Crippen molar-refractivity contribution in [3.05, 3.63) is 35.9 Å². The van der Waals surface area contributed by atoms with E-state index < -0.39 is 10.7 Å². The first-order chi connectivity index (χ1) is 5.29. The van der Waals surface area contributed by atoms with Crippen LogP contribution in [0, 0.1) is 6.07 Å². The Labute approximate surface area is 67.8 Å². The highest BCUT2D eigenvalue weighted by atomic mass is 32.2. The molecule has 2 nitrogen and oxygen atoms in total. The van der Waals surface area contributed by atoms with Gasteiger partial charge in [-0.05, 0) is 18.1 Å². The van der Waals surface area contributed by atoms with Crippen molar-refractivity contribution in [1.29, 1.82) is 0 Å². The van der Waals surface area contributed by atoms with E-state index in [1.807, 2.05) is 12.1 Å². The average molecular weight is 169 g/mol. The Balaban J connectivity index is 2.52. The first-order valence-corrected chi connectivity index (χ1v) is 4.72. The van der Waals surface area contributed by atoms with Crippen LogP contribution in [-0.2, 0) is 17.1 Å². The molecule has 0 spiro atoms. The molecule has 1 aromatic carbocycles. The van der Waals surface area contributed by atoms with Crippen molar-refractivity contribution in [3.8, 4) is 0 Å². The third kappa shape index (κ3) is 3.18. The molecule has 0 aliphatic carbocycles. The Morgan fingerprint density at radius 1 is 1.45 bits per heavy atom. The molecular weight excluding hydrogens is 160 g/mol. The van der Waals surface area contributed by atoms with Crippen LogP contribution in [0.3, 0.4) is 0 Å². The van der Waals surface area contributed by atoms with Crippen molar-refractivity contribution >= 4 is 10.7 Å². The quantitative estimate of drug-likeness (QED) is 0.674. The van der Waals surface area contributed by atoms with E-state index in [0.29, 0.717) is 6.42 Å². The lowest BCUT2D eigenvalue weighted by atomic mass is 10.2. The van der Waals surface area contributed by atoms with Crippen molar-refractivity contribution < 1.29 is 8.42 Å². The van der Waals surface area contributed by atoms with E-state index in [0.717, 1.165) is 5.56 Å². The van der Waals surface area contributed by atoms with Gasteiger partial charge in [-0.25, -0.2) is 8.42 Å². The molecule has 1 aromatic rings. The largest absolute Gasteiger partial charge is 0.232 e. The van der Waals surface area contributed by atoms with Crippen LogP contribution in [0.5, 0.6) is 0 Å². The minimum atomic E-state index is -2.24. The molecule has 0 bridgehead atoms. The molecule has 0 aromatic heterocycles. The van der Waals surface area contributed by atoms with Crippen molar-refractivity contribution in [1.82, 2.24) is 0 Å². The molecule has 0 unspecified atom stereocenters. The predicted molar refractivity (Wildman–Crippen MR) is 44.2 cm³/mol. The number of thiol groups is 1. The van der Waals surface area contributed by atoms with Crippen LogP contribution in [0.2, 0.25) is 0 Å². The Morgan fingerprint density at radius 2 is 2.27 bits per heavy atom. The first-order valence-electron chi connectivity index (χ1n) is 3.36. The highest BCUT2D eigenvalue weighted by Crippen LogP contribution is 1.97. The number of aryl methyl sites for hydroxylation is 1. The van der Waals surface area contributed by atoms with Crippen LogP contribution in [0.15, 0.2) is 24.3 Å². The molecule has 0 saturated heterocycles. The Morgan fingerprint density at radius 3 is 2.82 bits per heavy atom. The topological polar surface area (TPSA) is 34.1 Å². The van der Waals surface area contributed by atoms with Crippen LogP contribution in [0.25, 0.3) is 0 Å². The van der Waals surface area contributed by atoms with Gasteiger partial charge in [0.15, 0.2) is 0 Å². The Hall–Kier alpha value is -0.830. The van der Waals surface area contributed by atoms with Gasteiger partial charge in [-0.3, -0.25) is 0 Å². The van der Waals surface area contributed by atoms with Crippen molar-refractivity contribution in [2.45, 2.75) is 6.42 Å². The second-order valence-corrected chi connectivity index (χ2v) is 3.33. The monoisotopic (exact) mass is 169 g/mol. The van der Waals surface area contributed by atoms with Gasteiger partial charge in [0.05, 0.1) is 5.75 Å². The lowest BCUT2D eigenvalue weighted by Crippen LogP contribution is -1.92. The van der Waals surface area contributed by atoms with Crippen LogP contribution in [-0.4, -0.2) is 14.2 Å². The molecule has 0 fully saturated rings. The molecule has 0 heterocycles. The van der Waals surface area contributed by atoms with Gasteiger partial charge in [0.1, 0.15) is 10.7 Å². The van der Waals surface area contributed by atoms with E-state index in [4.69, 9.17) is 0 Å². The van der Waals surface area contributed by atoms with E-state index in [9.17, 15) is 8.42 Å². The van der Waals surface area contributed by atoms with Crippen molar-refractivity contribution in [2.24, 2.45) is 0 Å². The second-order valence-electron chi connectivity index (χ2n) is 2.22. The van der Waals surface area contributed by atoms with Crippen molar-refractivity contribution in [2.75, 3.05) is 5.75 Å². The molecule has 0 aliphatic rings.